The van der Waals surface area contributed by atoms with Crippen LogP contribution in [-0.4, -0.2) is 41.4 Å². The number of carbonyl (C=O) groups excluding carboxylic acids is 3. The third-order valence-electron chi connectivity index (χ3n) is 5.24. The van der Waals surface area contributed by atoms with E-state index in [-0.39, 0.29) is 17.7 Å². The maximum absolute atomic E-state index is 13.0. The van der Waals surface area contributed by atoms with Gasteiger partial charge < -0.3 is 10.2 Å². The van der Waals surface area contributed by atoms with Gasteiger partial charge in [-0.1, -0.05) is 26.0 Å². The highest BCUT2D eigenvalue weighted by Gasteiger charge is 2.52. The van der Waals surface area contributed by atoms with E-state index in [1.807, 2.05) is 25.1 Å². The van der Waals surface area contributed by atoms with Crippen molar-refractivity contribution in [3.63, 3.8) is 0 Å². The van der Waals surface area contributed by atoms with Crippen LogP contribution in [0.25, 0.3) is 0 Å². The Bertz CT molecular complexity index is 731. The highest BCUT2D eigenvalue weighted by Crippen LogP contribution is 2.43. The second-order valence-electron chi connectivity index (χ2n) is 7.72. The molecule has 0 radical (unpaired) electrons. The fourth-order valence-electron chi connectivity index (χ4n) is 3.85. The molecule has 1 fully saturated rings. The van der Waals surface area contributed by atoms with Crippen LogP contribution in [-0.2, 0) is 9.59 Å². The van der Waals surface area contributed by atoms with Crippen LogP contribution in [0.4, 0.5) is 5.69 Å². The molecule has 2 aliphatic rings. The zero-order valence-electron chi connectivity index (χ0n) is 15.7. The van der Waals surface area contributed by atoms with Gasteiger partial charge in [0.15, 0.2) is 0 Å². The standard InChI is InChI=1S/C20H27N3O3/c1-14(2)13-21-17(24)9-6-12-22-19(26)15-7-4-5-8-16(15)23-18(25)10-11-20(22,23)3/h4-5,7-8,14H,6,9-13H2,1-3H3,(H,21,24). The molecule has 2 heterocycles. The molecule has 3 amide bonds. The van der Waals surface area contributed by atoms with E-state index in [1.165, 1.54) is 0 Å². The first-order chi connectivity index (χ1) is 12.3. The summed E-state index contributed by atoms with van der Waals surface area (Å²) in [6.45, 7) is 7.18. The third-order valence-corrected chi connectivity index (χ3v) is 5.24. The van der Waals surface area contributed by atoms with E-state index in [1.54, 1.807) is 15.9 Å². The van der Waals surface area contributed by atoms with Crippen molar-refractivity contribution in [1.82, 2.24) is 10.2 Å². The number of nitrogens with one attached hydrogen (secondary N) is 1. The molecular weight excluding hydrogens is 330 g/mol. The van der Waals surface area contributed by atoms with Gasteiger partial charge in [-0.25, -0.2) is 0 Å². The molecule has 1 saturated heterocycles. The van der Waals surface area contributed by atoms with Crippen molar-refractivity contribution in [3.05, 3.63) is 29.8 Å². The quantitative estimate of drug-likeness (QED) is 0.850. The minimum Gasteiger partial charge on any atom is -0.356 e. The number of hydrogen-bond donors (Lipinski definition) is 1. The number of rotatable bonds is 6. The van der Waals surface area contributed by atoms with E-state index in [4.69, 9.17) is 0 Å². The Kier molecular flexibility index (Phi) is 5.03. The molecule has 6 nitrogen and oxygen atoms in total. The highest BCUT2D eigenvalue weighted by molar-refractivity contribution is 6.10. The van der Waals surface area contributed by atoms with Crippen molar-refractivity contribution in [2.75, 3.05) is 18.0 Å². The molecule has 1 unspecified atom stereocenters. The number of anilines is 1. The van der Waals surface area contributed by atoms with Crippen molar-refractivity contribution in [1.29, 1.82) is 0 Å². The summed E-state index contributed by atoms with van der Waals surface area (Å²) < 4.78 is 0. The second-order valence-corrected chi connectivity index (χ2v) is 7.72. The Hall–Kier alpha value is -2.37. The zero-order valence-corrected chi connectivity index (χ0v) is 15.7. The van der Waals surface area contributed by atoms with E-state index in [0.29, 0.717) is 55.9 Å². The average molecular weight is 357 g/mol. The summed E-state index contributed by atoms with van der Waals surface area (Å²) in [5.74, 6) is 0.410. The lowest BCUT2D eigenvalue weighted by atomic mass is 9.98. The van der Waals surface area contributed by atoms with Gasteiger partial charge >= 0.3 is 0 Å². The fraction of sp³-hybridized carbons (Fsp3) is 0.550. The largest absolute Gasteiger partial charge is 0.356 e. The van der Waals surface area contributed by atoms with Gasteiger partial charge in [0, 0.05) is 25.9 Å². The van der Waals surface area contributed by atoms with E-state index < -0.39 is 5.66 Å². The molecule has 0 aromatic heterocycles. The van der Waals surface area contributed by atoms with Crippen LogP contribution in [0.5, 0.6) is 0 Å². The molecule has 0 aliphatic carbocycles. The topological polar surface area (TPSA) is 69.7 Å². The summed E-state index contributed by atoms with van der Waals surface area (Å²) in [4.78, 5) is 41.0. The summed E-state index contributed by atoms with van der Waals surface area (Å²) in [6.07, 6.45) is 2.01. The average Bonchev–Trinajstić information content (AvgIpc) is 2.92. The lowest BCUT2D eigenvalue weighted by molar-refractivity contribution is -0.121. The van der Waals surface area contributed by atoms with E-state index in [2.05, 4.69) is 19.2 Å². The first kappa shape index (κ1) is 18.4. The predicted octanol–water partition coefficient (Wildman–Crippen LogP) is 2.54. The van der Waals surface area contributed by atoms with Crippen LogP contribution in [0.2, 0.25) is 0 Å². The normalized spacial score (nSPS) is 21.8. The number of carbonyl (C=O) groups is 3. The molecule has 0 saturated carbocycles. The van der Waals surface area contributed by atoms with Gasteiger partial charge in [-0.2, -0.15) is 0 Å². The lowest BCUT2D eigenvalue weighted by Crippen LogP contribution is -2.62. The molecule has 1 aromatic rings. The Morgan fingerprint density at radius 2 is 2.00 bits per heavy atom. The van der Waals surface area contributed by atoms with E-state index in [0.717, 1.165) is 0 Å². The summed E-state index contributed by atoms with van der Waals surface area (Å²) in [7, 11) is 0. The molecule has 2 aliphatic heterocycles. The minimum absolute atomic E-state index is 0.00747. The summed E-state index contributed by atoms with van der Waals surface area (Å²) >= 11 is 0. The van der Waals surface area contributed by atoms with Gasteiger partial charge in [0.2, 0.25) is 11.8 Å². The maximum atomic E-state index is 13.0. The fourth-order valence-corrected chi connectivity index (χ4v) is 3.85. The second kappa shape index (κ2) is 7.09. The minimum atomic E-state index is -0.642. The van der Waals surface area contributed by atoms with Crippen LogP contribution in [0, 0.1) is 5.92 Å². The number of para-hydroxylation sites is 1. The number of amides is 3. The molecule has 6 heteroatoms. The Morgan fingerprint density at radius 3 is 2.73 bits per heavy atom. The smallest absolute Gasteiger partial charge is 0.257 e. The summed E-state index contributed by atoms with van der Waals surface area (Å²) in [5, 5.41) is 2.90. The van der Waals surface area contributed by atoms with Gasteiger partial charge in [0.25, 0.3) is 5.91 Å². The number of benzene rings is 1. The molecule has 26 heavy (non-hydrogen) atoms. The Morgan fingerprint density at radius 1 is 1.27 bits per heavy atom. The number of nitrogens with zero attached hydrogens (tertiary/aromatic N) is 2. The van der Waals surface area contributed by atoms with E-state index >= 15 is 0 Å². The predicted molar refractivity (Wildman–Crippen MR) is 99.7 cm³/mol. The van der Waals surface area contributed by atoms with Crippen molar-refractivity contribution in [3.8, 4) is 0 Å². The SMILES string of the molecule is CC(C)CNC(=O)CCCN1C(=O)c2ccccc2N2C(=O)CCC12C. The van der Waals surface area contributed by atoms with Crippen molar-refractivity contribution < 1.29 is 14.4 Å². The van der Waals surface area contributed by atoms with Crippen molar-refractivity contribution in [2.24, 2.45) is 5.92 Å². The van der Waals surface area contributed by atoms with Crippen LogP contribution >= 0.6 is 0 Å². The summed E-state index contributed by atoms with van der Waals surface area (Å²) in [6, 6.07) is 7.28. The van der Waals surface area contributed by atoms with Crippen molar-refractivity contribution in [2.45, 2.75) is 52.1 Å². The highest BCUT2D eigenvalue weighted by atomic mass is 16.2. The van der Waals surface area contributed by atoms with Gasteiger partial charge in [-0.15, -0.1) is 0 Å². The molecular formula is C20H27N3O3. The monoisotopic (exact) mass is 357 g/mol. The van der Waals surface area contributed by atoms with Crippen LogP contribution in [0.15, 0.2) is 24.3 Å². The summed E-state index contributed by atoms with van der Waals surface area (Å²) in [5.41, 5.74) is 0.620. The molecule has 1 aromatic carbocycles. The molecule has 1 N–H and O–H groups in total. The third kappa shape index (κ3) is 3.20. The van der Waals surface area contributed by atoms with E-state index in [9.17, 15) is 14.4 Å². The van der Waals surface area contributed by atoms with Gasteiger partial charge in [-0.05, 0) is 37.8 Å². The molecule has 140 valence electrons. The zero-order chi connectivity index (χ0) is 18.9. The number of fused-ring (bicyclic) bond motifs is 3. The van der Waals surface area contributed by atoms with Gasteiger partial charge in [-0.3, -0.25) is 19.3 Å². The molecule has 0 bridgehead atoms. The van der Waals surface area contributed by atoms with Gasteiger partial charge in [0.1, 0.15) is 5.66 Å². The van der Waals surface area contributed by atoms with Crippen LogP contribution in [0.1, 0.15) is 56.8 Å². The first-order valence-corrected chi connectivity index (χ1v) is 9.35. The maximum Gasteiger partial charge on any atom is 0.257 e. The Balaban J connectivity index is 1.74. The van der Waals surface area contributed by atoms with Crippen LogP contribution < -0.4 is 10.2 Å². The molecule has 0 spiro atoms. The van der Waals surface area contributed by atoms with Gasteiger partial charge in [0.05, 0.1) is 11.3 Å². The van der Waals surface area contributed by atoms with Crippen molar-refractivity contribution >= 4 is 23.4 Å². The lowest BCUT2D eigenvalue weighted by Gasteiger charge is -2.48. The molecule has 3 rings (SSSR count). The Labute approximate surface area is 154 Å². The first-order valence-electron chi connectivity index (χ1n) is 9.35. The number of hydrogen-bond acceptors (Lipinski definition) is 3. The van der Waals surface area contributed by atoms with Crippen LogP contribution in [0.3, 0.4) is 0 Å². The molecule has 1 atom stereocenters.